The van der Waals surface area contributed by atoms with Gasteiger partial charge in [0.05, 0.1) is 17.6 Å². The maximum absolute atomic E-state index is 11.8. The number of imidazole rings is 1. The number of amides is 1. The lowest BCUT2D eigenvalue weighted by Gasteiger charge is -2.17. The number of allylic oxidation sites excluding steroid dienone is 1. The molecule has 0 bridgehead atoms. The van der Waals surface area contributed by atoms with Crippen LogP contribution in [0.15, 0.2) is 35.9 Å². The molecule has 0 atom stereocenters. The van der Waals surface area contributed by atoms with Gasteiger partial charge in [0.15, 0.2) is 0 Å². The van der Waals surface area contributed by atoms with Gasteiger partial charge < -0.3 is 4.57 Å². The molecule has 0 radical (unpaired) electrons. The van der Waals surface area contributed by atoms with E-state index in [1.165, 1.54) is 0 Å². The number of hydrogen-bond acceptors (Lipinski definition) is 2. The van der Waals surface area contributed by atoms with Crippen molar-refractivity contribution < 1.29 is 4.79 Å². The first-order valence-electron chi connectivity index (χ1n) is 5.75. The Kier molecular flexibility index (Phi) is 2.21. The monoisotopic (exact) mass is 227 g/mol. The maximum Gasteiger partial charge on any atom is 0.255 e. The van der Waals surface area contributed by atoms with Crippen LogP contribution in [0.5, 0.6) is 0 Å². The van der Waals surface area contributed by atoms with E-state index in [1.54, 1.807) is 0 Å². The molecule has 2 heterocycles. The number of carbonyl (C=O) groups excluding carboxylic acids is 1. The van der Waals surface area contributed by atoms with Crippen molar-refractivity contribution in [2.75, 3.05) is 5.32 Å². The molecule has 0 saturated heterocycles. The lowest BCUT2D eigenvalue weighted by molar-refractivity contribution is -0.113. The lowest BCUT2D eigenvalue weighted by Crippen LogP contribution is -2.26. The van der Waals surface area contributed by atoms with E-state index >= 15 is 0 Å². The van der Waals surface area contributed by atoms with Gasteiger partial charge in [0.2, 0.25) is 5.95 Å². The number of hydrogen-bond donors (Lipinski definition) is 1. The summed E-state index contributed by atoms with van der Waals surface area (Å²) in [5, 5.41) is 2.83. The number of aromatic nitrogens is 2. The molecule has 1 aliphatic rings. The van der Waals surface area contributed by atoms with E-state index in [0.29, 0.717) is 12.5 Å². The van der Waals surface area contributed by atoms with Crippen molar-refractivity contribution in [2.24, 2.45) is 0 Å². The molecule has 1 amide bonds. The smallest absolute Gasteiger partial charge is 0.255 e. The second-order valence-electron chi connectivity index (χ2n) is 4.10. The zero-order chi connectivity index (χ0) is 11.8. The van der Waals surface area contributed by atoms with Gasteiger partial charge >= 0.3 is 0 Å². The number of benzene rings is 1. The number of fused-ring (bicyclic) bond motifs is 3. The third kappa shape index (κ3) is 1.53. The zero-order valence-electron chi connectivity index (χ0n) is 9.60. The molecule has 0 aliphatic carbocycles. The molecule has 2 aromatic rings. The van der Waals surface area contributed by atoms with Gasteiger partial charge in [0, 0.05) is 5.57 Å². The maximum atomic E-state index is 11.8. The van der Waals surface area contributed by atoms with Crippen molar-refractivity contribution >= 4 is 22.9 Å². The molecular weight excluding hydrogens is 214 g/mol. The molecule has 3 rings (SSSR count). The van der Waals surface area contributed by atoms with Crippen LogP contribution in [0.1, 0.15) is 13.3 Å². The molecular formula is C13H13N3O. The SMILES string of the molecule is CC/C=C1\Cn2c(nc3ccccc32)NC1=O. The van der Waals surface area contributed by atoms with E-state index in [1.807, 2.05) is 41.8 Å². The van der Waals surface area contributed by atoms with E-state index in [0.717, 1.165) is 23.0 Å². The first kappa shape index (κ1) is 10.1. The predicted molar refractivity (Wildman–Crippen MR) is 66.7 cm³/mol. The fourth-order valence-electron chi connectivity index (χ4n) is 2.16. The third-order valence-corrected chi connectivity index (χ3v) is 2.95. The van der Waals surface area contributed by atoms with Gasteiger partial charge in [-0.3, -0.25) is 10.1 Å². The summed E-state index contributed by atoms with van der Waals surface area (Å²) < 4.78 is 2.04. The van der Waals surface area contributed by atoms with Crippen molar-refractivity contribution in [1.29, 1.82) is 0 Å². The fourth-order valence-corrected chi connectivity index (χ4v) is 2.16. The molecule has 0 saturated carbocycles. The largest absolute Gasteiger partial charge is 0.305 e. The number of anilines is 1. The Morgan fingerprint density at radius 2 is 2.29 bits per heavy atom. The highest BCUT2D eigenvalue weighted by Gasteiger charge is 2.22. The highest BCUT2D eigenvalue weighted by atomic mass is 16.2. The second-order valence-corrected chi connectivity index (χ2v) is 4.10. The lowest BCUT2D eigenvalue weighted by atomic mass is 10.2. The number of carbonyl (C=O) groups is 1. The van der Waals surface area contributed by atoms with Gasteiger partial charge in [-0.2, -0.15) is 0 Å². The molecule has 4 nitrogen and oxygen atoms in total. The van der Waals surface area contributed by atoms with E-state index in [2.05, 4.69) is 10.3 Å². The Balaban J connectivity index is 2.16. The van der Waals surface area contributed by atoms with Gasteiger partial charge in [0.1, 0.15) is 0 Å². The summed E-state index contributed by atoms with van der Waals surface area (Å²) in [6.07, 6.45) is 2.83. The summed E-state index contributed by atoms with van der Waals surface area (Å²) in [5.41, 5.74) is 2.79. The van der Waals surface area contributed by atoms with Crippen LogP contribution in [0, 0.1) is 0 Å². The molecule has 4 heteroatoms. The first-order valence-corrected chi connectivity index (χ1v) is 5.75. The van der Waals surface area contributed by atoms with Gasteiger partial charge in [-0.1, -0.05) is 25.1 Å². The number of para-hydroxylation sites is 2. The van der Waals surface area contributed by atoms with Crippen LogP contribution in [-0.2, 0) is 11.3 Å². The van der Waals surface area contributed by atoms with Crippen LogP contribution in [0.25, 0.3) is 11.0 Å². The highest BCUT2D eigenvalue weighted by molar-refractivity contribution is 6.05. The minimum Gasteiger partial charge on any atom is -0.305 e. The summed E-state index contributed by atoms with van der Waals surface area (Å²) >= 11 is 0. The standard InChI is InChI=1S/C13H13N3O/c1-2-5-9-8-16-11-7-4-3-6-10(11)14-13(16)15-12(9)17/h3-7H,2,8H2,1H3,(H,14,15,17)/b9-5+. The van der Waals surface area contributed by atoms with Gasteiger partial charge in [-0.25, -0.2) is 4.98 Å². The van der Waals surface area contributed by atoms with Crippen molar-refractivity contribution in [3.8, 4) is 0 Å². The third-order valence-electron chi connectivity index (χ3n) is 2.95. The summed E-state index contributed by atoms with van der Waals surface area (Å²) in [5.74, 6) is 0.610. The first-order chi connectivity index (χ1) is 8.29. The Bertz CT molecular complexity index is 625. The van der Waals surface area contributed by atoms with Crippen LogP contribution in [0.4, 0.5) is 5.95 Å². The van der Waals surface area contributed by atoms with Crippen LogP contribution in [0.2, 0.25) is 0 Å². The van der Waals surface area contributed by atoms with Crippen molar-refractivity contribution in [2.45, 2.75) is 19.9 Å². The average Bonchev–Trinajstić information content (AvgIpc) is 2.67. The molecule has 1 aromatic carbocycles. The zero-order valence-corrected chi connectivity index (χ0v) is 9.60. The molecule has 1 aromatic heterocycles. The summed E-state index contributed by atoms with van der Waals surface area (Å²) in [6.45, 7) is 2.64. The normalized spacial score (nSPS) is 17.2. The van der Waals surface area contributed by atoms with E-state index in [9.17, 15) is 4.79 Å². The van der Waals surface area contributed by atoms with Gasteiger partial charge in [-0.15, -0.1) is 0 Å². The van der Waals surface area contributed by atoms with E-state index in [4.69, 9.17) is 0 Å². The van der Waals surface area contributed by atoms with Crippen LogP contribution < -0.4 is 5.32 Å². The minimum absolute atomic E-state index is 0.0327. The molecule has 0 spiro atoms. The minimum atomic E-state index is -0.0327. The number of nitrogens with zero attached hydrogens (tertiary/aromatic N) is 2. The summed E-state index contributed by atoms with van der Waals surface area (Å²) in [4.78, 5) is 16.2. The van der Waals surface area contributed by atoms with Crippen molar-refractivity contribution in [3.05, 3.63) is 35.9 Å². The molecule has 0 unspecified atom stereocenters. The summed E-state index contributed by atoms with van der Waals surface area (Å²) in [6, 6.07) is 7.91. The average molecular weight is 227 g/mol. The fraction of sp³-hybridized carbons (Fsp3) is 0.231. The molecule has 1 N–H and O–H groups in total. The van der Waals surface area contributed by atoms with Crippen LogP contribution in [-0.4, -0.2) is 15.5 Å². The number of rotatable bonds is 1. The molecule has 86 valence electrons. The van der Waals surface area contributed by atoms with Crippen LogP contribution in [0.3, 0.4) is 0 Å². The Hall–Kier alpha value is -2.10. The van der Waals surface area contributed by atoms with E-state index < -0.39 is 0 Å². The van der Waals surface area contributed by atoms with Crippen LogP contribution >= 0.6 is 0 Å². The quantitative estimate of drug-likeness (QED) is 0.760. The second kappa shape index (κ2) is 3.73. The summed E-state index contributed by atoms with van der Waals surface area (Å²) in [7, 11) is 0. The van der Waals surface area contributed by atoms with E-state index in [-0.39, 0.29) is 5.91 Å². The molecule has 17 heavy (non-hydrogen) atoms. The number of nitrogens with one attached hydrogen (secondary N) is 1. The Morgan fingerprint density at radius 1 is 1.47 bits per heavy atom. The van der Waals surface area contributed by atoms with Gasteiger partial charge in [-0.05, 0) is 18.6 Å². The van der Waals surface area contributed by atoms with Crippen molar-refractivity contribution in [1.82, 2.24) is 9.55 Å². The molecule has 0 fully saturated rings. The van der Waals surface area contributed by atoms with Crippen molar-refractivity contribution in [3.63, 3.8) is 0 Å². The Morgan fingerprint density at radius 3 is 3.12 bits per heavy atom. The highest BCUT2D eigenvalue weighted by Crippen LogP contribution is 2.24. The van der Waals surface area contributed by atoms with Gasteiger partial charge in [0.25, 0.3) is 5.91 Å². The predicted octanol–water partition coefficient (Wildman–Crippen LogP) is 2.32. The topological polar surface area (TPSA) is 46.9 Å². The molecule has 1 aliphatic heterocycles. The Labute approximate surface area is 99.0 Å².